The van der Waals surface area contributed by atoms with Crippen molar-refractivity contribution in [2.75, 3.05) is 0 Å². The highest BCUT2D eigenvalue weighted by Gasteiger charge is 2.03. The molecule has 0 amide bonds. The van der Waals surface area contributed by atoms with Gasteiger partial charge in [0.05, 0.1) is 5.56 Å². The van der Waals surface area contributed by atoms with Gasteiger partial charge in [-0.1, -0.05) is 6.07 Å². The Balaban J connectivity index is 0.000000720. The first-order valence-corrected chi connectivity index (χ1v) is 4.08. The number of pyridine rings is 1. The van der Waals surface area contributed by atoms with Crippen LogP contribution in [0.1, 0.15) is 0 Å². The second-order valence-electron chi connectivity index (χ2n) is 2.14. The largest absolute Gasteiger partial charge is 0.289 e. The topological polar surface area (TPSA) is 30.0 Å². The molecule has 2 heterocycles. The van der Waals surface area contributed by atoms with E-state index in [1.165, 1.54) is 17.4 Å². The molecular weight excluding hydrogens is 194 g/mol. The Morgan fingerprint density at radius 3 is 2.92 bits per heavy atom. The summed E-state index contributed by atoms with van der Waals surface area (Å²) in [5, 5.41) is 2.72. The molecule has 0 N–H and O–H groups in total. The summed E-state index contributed by atoms with van der Waals surface area (Å²) >= 11 is 1.48. The Bertz CT molecular complexity index is 401. The van der Waals surface area contributed by atoms with Gasteiger partial charge in [-0.2, -0.15) is 0 Å². The van der Waals surface area contributed by atoms with Gasteiger partial charge in [-0.15, -0.1) is 23.7 Å². The van der Waals surface area contributed by atoms with Crippen molar-refractivity contribution in [3.63, 3.8) is 0 Å². The van der Waals surface area contributed by atoms with Gasteiger partial charge in [0.25, 0.3) is 0 Å². The molecule has 12 heavy (non-hydrogen) atoms. The van der Waals surface area contributed by atoms with Gasteiger partial charge in [0.15, 0.2) is 5.43 Å². The molecule has 0 bridgehead atoms. The summed E-state index contributed by atoms with van der Waals surface area (Å²) in [5.74, 6) is 0. The number of aromatic nitrogens is 1. The molecule has 2 aliphatic rings. The summed E-state index contributed by atoms with van der Waals surface area (Å²) in [6.07, 6.45) is 1.54. The fraction of sp³-hybridized carbons (Fsp3) is 0. The third-order valence-electron chi connectivity index (χ3n) is 1.43. The molecule has 4 heteroatoms. The maximum absolute atomic E-state index is 11.1. The Morgan fingerprint density at radius 2 is 2.17 bits per heavy atom. The number of hydrogen-bond donors (Lipinski definition) is 0. The highest BCUT2D eigenvalue weighted by Crippen LogP contribution is 2.17. The molecule has 2 rings (SSSR count). The number of rotatable bonds is 0. The van der Waals surface area contributed by atoms with Crippen LogP contribution < -0.4 is 5.43 Å². The summed E-state index contributed by atoms with van der Waals surface area (Å²) in [6.45, 7) is 0. The van der Waals surface area contributed by atoms with Gasteiger partial charge >= 0.3 is 0 Å². The van der Waals surface area contributed by atoms with Gasteiger partial charge in [-0.25, -0.2) is 4.98 Å². The Labute approximate surface area is 79.7 Å². The van der Waals surface area contributed by atoms with E-state index in [1.807, 2.05) is 11.4 Å². The predicted octanol–water partition coefficient (Wildman–Crippen LogP) is 2.03. The van der Waals surface area contributed by atoms with Crippen LogP contribution in [-0.4, -0.2) is 4.98 Å². The molecule has 2 aliphatic heterocycles. The summed E-state index contributed by atoms with van der Waals surface area (Å²) in [4.78, 5) is 15.2. The highest BCUT2D eigenvalue weighted by molar-refractivity contribution is 7.12. The fourth-order valence-corrected chi connectivity index (χ4v) is 1.63. The lowest BCUT2D eigenvalue weighted by Crippen LogP contribution is -2.03. The molecule has 0 saturated carbocycles. The van der Waals surface area contributed by atoms with Gasteiger partial charge in [-0.05, 0) is 11.4 Å². The van der Waals surface area contributed by atoms with Crippen LogP contribution >= 0.6 is 23.7 Å². The van der Waals surface area contributed by atoms with E-state index in [0.29, 0.717) is 5.56 Å². The number of fused-ring (bicyclic) bond motifs is 1. The smallest absolute Gasteiger partial charge is 0.190 e. The van der Waals surface area contributed by atoms with Gasteiger partial charge < -0.3 is 0 Å². The summed E-state index contributed by atoms with van der Waals surface area (Å²) in [5.41, 5.74) is 0.756. The Morgan fingerprint density at radius 1 is 1.33 bits per heavy atom. The van der Waals surface area contributed by atoms with Crippen molar-refractivity contribution in [1.82, 2.24) is 4.98 Å². The molecule has 0 fully saturated rings. The van der Waals surface area contributed by atoms with Crippen molar-refractivity contribution in [2.24, 2.45) is 0 Å². The van der Waals surface area contributed by atoms with E-state index in [1.54, 1.807) is 12.3 Å². The van der Waals surface area contributed by atoms with Crippen LogP contribution in [-0.2, 0) is 0 Å². The van der Waals surface area contributed by atoms with Crippen LogP contribution in [0.3, 0.4) is 0 Å². The van der Waals surface area contributed by atoms with Crippen molar-refractivity contribution in [3.8, 4) is 10.6 Å². The molecule has 0 aliphatic carbocycles. The monoisotopic (exact) mass is 199 g/mol. The third-order valence-corrected chi connectivity index (χ3v) is 2.28. The lowest BCUT2D eigenvalue weighted by molar-refractivity contribution is 1.33. The SMILES string of the molecule is Cl.O=c1ccnc2scccc1-2. The van der Waals surface area contributed by atoms with Crippen molar-refractivity contribution in [1.29, 1.82) is 0 Å². The minimum Gasteiger partial charge on any atom is -0.289 e. The number of hydrogen-bond acceptors (Lipinski definition) is 3. The third kappa shape index (κ3) is 1.47. The quantitative estimate of drug-likeness (QED) is 0.650. The molecule has 0 spiro atoms. The minimum atomic E-state index is 0. The van der Waals surface area contributed by atoms with Crippen LogP contribution in [0.2, 0.25) is 0 Å². The maximum Gasteiger partial charge on any atom is 0.190 e. The van der Waals surface area contributed by atoms with Crippen LogP contribution in [0.15, 0.2) is 34.6 Å². The minimum absolute atomic E-state index is 0. The molecule has 0 aromatic rings. The van der Waals surface area contributed by atoms with E-state index in [-0.39, 0.29) is 17.8 Å². The molecule has 0 aromatic carbocycles. The van der Waals surface area contributed by atoms with Crippen molar-refractivity contribution >= 4 is 23.7 Å². The van der Waals surface area contributed by atoms with Crippen LogP contribution in [0.4, 0.5) is 0 Å². The van der Waals surface area contributed by atoms with Gasteiger partial charge in [0.1, 0.15) is 5.01 Å². The van der Waals surface area contributed by atoms with E-state index < -0.39 is 0 Å². The van der Waals surface area contributed by atoms with Gasteiger partial charge in [-0.3, -0.25) is 4.79 Å². The molecule has 0 aromatic heterocycles. The molecule has 2 nitrogen and oxygen atoms in total. The first-order chi connectivity index (χ1) is 5.38. The second kappa shape index (κ2) is 3.65. The van der Waals surface area contributed by atoms with E-state index >= 15 is 0 Å². The van der Waals surface area contributed by atoms with Crippen molar-refractivity contribution < 1.29 is 0 Å². The highest BCUT2D eigenvalue weighted by atomic mass is 35.5. The Kier molecular flexibility index (Phi) is 2.78. The maximum atomic E-state index is 11.1. The lowest BCUT2D eigenvalue weighted by Gasteiger charge is -1.97. The zero-order valence-electron chi connectivity index (χ0n) is 6.06. The van der Waals surface area contributed by atoms with Gasteiger partial charge in [0, 0.05) is 12.3 Å². The average Bonchev–Trinajstić information content (AvgIpc) is 2.06. The molecule has 0 atom stereocenters. The molecule has 62 valence electrons. The van der Waals surface area contributed by atoms with E-state index in [2.05, 4.69) is 4.98 Å². The summed E-state index contributed by atoms with van der Waals surface area (Å²) in [7, 11) is 0. The first kappa shape index (κ1) is 9.16. The lowest BCUT2D eigenvalue weighted by atomic mass is 10.2. The van der Waals surface area contributed by atoms with Crippen molar-refractivity contribution in [3.05, 3.63) is 40.0 Å². The van der Waals surface area contributed by atoms with Gasteiger partial charge in [0.2, 0.25) is 0 Å². The fourth-order valence-electron chi connectivity index (χ4n) is 0.924. The zero-order chi connectivity index (χ0) is 7.68. The second-order valence-corrected chi connectivity index (χ2v) is 3.04. The van der Waals surface area contributed by atoms with Crippen LogP contribution in [0, 0.1) is 0 Å². The van der Waals surface area contributed by atoms with E-state index in [9.17, 15) is 4.79 Å². The normalized spacial score (nSPS) is 9.33. The predicted molar refractivity (Wildman–Crippen MR) is 52.3 cm³/mol. The molecule has 0 saturated heterocycles. The van der Waals surface area contributed by atoms with Crippen LogP contribution in [0.25, 0.3) is 10.6 Å². The molecule has 0 radical (unpaired) electrons. The van der Waals surface area contributed by atoms with E-state index in [4.69, 9.17) is 0 Å². The van der Waals surface area contributed by atoms with Crippen molar-refractivity contribution in [2.45, 2.75) is 0 Å². The Hall–Kier alpha value is -0.930. The van der Waals surface area contributed by atoms with Crippen LogP contribution in [0.5, 0.6) is 0 Å². The molecular formula is C8H6ClNOS. The number of halogens is 1. The summed E-state index contributed by atoms with van der Waals surface area (Å²) < 4.78 is 0. The summed E-state index contributed by atoms with van der Waals surface area (Å²) in [6, 6.07) is 5.13. The number of nitrogens with zero attached hydrogens (tertiary/aromatic N) is 1. The van der Waals surface area contributed by atoms with E-state index in [0.717, 1.165) is 5.01 Å². The molecule has 0 unspecified atom stereocenters. The standard InChI is InChI=1S/C8H5NOS.ClH/c10-7-3-4-9-8-6(7)2-1-5-11-8;/h1-5H;1H. The zero-order valence-corrected chi connectivity index (χ0v) is 7.69. The average molecular weight is 200 g/mol. The first-order valence-electron chi connectivity index (χ1n) is 3.20.